The molecule has 2 N–H and O–H groups in total. The summed E-state index contributed by atoms with van der Waals surface area (Å²) in [5, 5.41) is 0. The van der Waals surface area contributed by atoms with Gasteiger partial charge in [0.2, 0.25) is 12.2 Å². The molecule has 1 amide bonds. The number of carbonyl (C=O) groups excluding carboxylic acids is 1. The molecule has 0 aliphatic rings. The molecule has 4 heteroatoms. The number of aryl methyl sites for hydroxylation is 2. The van der Waals surface area contributed by atoms with Crippen LogP contribution in [-0.4, -0.2) is 10.5 Å². The highest BCUT2D eigenvalue weighted by Crippen LogP contribution is 1.79. The molecule has 0 aromatic carbocycles. The summed E-state index contributed by atoms with van der Waals surface area (Å²) in [5.74, 6) is -0.333. The average Bonchev–Trinajstić information content (AvgIpc) is 2.34. The molecule has 0 saturated carbocycles. The molecule has 1 heterocycles. The zero-order valence-electron chi connectivity index (χ0n) is 7.82. The van der Waals surface area contributed by atoms with E-state index < -0.39 is 0 Å². The van der Waals surface area contributed by atoms with E-state index in [0.717, 1.165) is 6.54 Å². The van der Waals surface area contributed by atoms with Crippen molar-refractivity contribution in [1.82, 2.24) is 4.57 Å². The number of primary amides is 1. The maximum atomic E-state index is 9.22. The van der Waals surface area contributed by atoms with Crippen LogP contribution in [0.15, 0.2) is 18.7 Å². The van der Waals surface area contributed by atoms with Crippen LogP contribution >= 0.6 is 0 Å². The Labute approximate surface area is 72.6 Å². The number of aromatic nitrogens is 2. The van der Waals surface area contributed by atoms with Crippen LogP contribution < -0.4 is 10.3 Å². The topological polar surface area (TPSA) is 51.9 Å². The minimum Gasteiger partial charge on any atom is -0.370 e. The molecule has 0 atom stereocenters. The van der Waals surface area contributed by atoms with E-state index in [9.17, 15) is 4.79 Å². The van der Waals surface area contributed by atoms with Crippen molar-refractivity contribution in [3.63, 3.8) is 0 Å². The first kappa shape index (κ1) is 10.7. The highest BCUT2D eigenvalue weighted by Gasteiger charge is 1.92. The first-order valence-corrected chi connectivity index (χ1v) is 3.83. The summed E-state index contributed by atoms with van der Waals surface area (Å²) in [6, 6.07) is 0. The summed E-state index contributed by atoms with van der Waals surface area (Å²) in [5.41, 5.74) is 4.47. The number of rotatable bonds is 1. The molecule has 0 unspecified atom stereocenters. The van der Waals surface area contributed by atoms with Gasteiger partial charge in [0.15, 0.2) is 0 Å². The molecular formula is C8H16N3O+. The Kier molecular flexibility index (Phi) is 4.76. The van der Waals surface area contributed by atoms with Crippen molar-refractivity contribution in [2.45, 2.75) is 20.4 Å². The SMILES string of the molecule is CC(N)=O.CCn1cc[n+](C)c1. The molecule has 12 heavy (non-hydrogen) atoms. The van der Waals surface area contributed by atoms with Gasteiger partial charge in [-0.05, 0) is 6.92 Å². The maximum absolute atomic E-state index is 9.22. The van der Waals surface area contributed by atoms with Gasteiger partial charge in [-0.25, -0.2) is 9.13 Å². The number of hydrogen-bond acceptors (Lipinski definition) is 1. The zero-order chi connectivity index (χ0) is 9.56. The summed E-state index contributed by atoms with van der Waals surface area (Å²) in [4.78, 5) is 9.22. The molecule has 0 radical (unpaired) electrons. The van der Waals surface area contributed by atoms with Crippen LogP contribution in [0.3, 0.4) is 0 Å². The van der Waals surface area contributed by atoms with Crippen molar-refractivity contribution in [1.29, 1.82) is 0 Å². The smallest absolute Gasteiger partial charge is 0.243 e. The fourth-order valence-electron chi connectivity index (χ4n) is 0.689. The molecule has 1 rings (SSSR count). The van der Waals surface area contributed by atoms with Crippen molar-refractivity contribution in [2.75, 3.05) is 0 Å². The fraction of sp³-hybridized carbons (Fsp3) is 0.500. The second-order valence-electron chi connectivity index (χ2n) is 2.52. The van der Waals surface area contributed by atoms with Gasteiger partial charge in [-0.15, -0.1) is 0 Å². The first-order valence-electron chi connectivity index (χ1n) is 3.83. The quantitative estimate of drug-likeness (QED) is 0.584. The fourth-order valence-corrected chi connectivity index (χ4v) is 0.689. The van der Waals surface area contributed by atoms with E-state index in [0.29, 0.717) is 0 Å². The Morgan fingerprint density at radius 1 is 1.67 bits per heavy atom. The van der Waals surface area contributed by atoms with Crippen LogP contribution in [0.5, 0.6) is 0 Å². The van der Waals surface area contributed by atoms with Crippen LogP contribution in [0.1, 0.15) is 13.8 Å². The van der Waals surface area contributed by atoms with Gasteiger partial charge >= 0.3 is 0 Å². The van der Waals surface area contributed by atoms with E-state index in [1.807, 2.05) is 17.8 Å². The van der Waals surface area contributed by atoms with Crippen LogP contribution in [0, 0.1) is 0 Å². The summed E-state index contributed by atoms with van der Waals surface area (Å²) in [7, 11) is 2.02. The van der Waals surface area contributed by atoms with Crippen molar-refractivity contribution in [3.05, 3.63) is 18.7 Å². The number of amides is 1. The summed E-state index contributed by atoms with van der Waals surface area (Å²) in [6.45, 7) is 4.49. The zero-order valence-corrected chi connectivity index (χ0v) is 7.82. The summed E-state index contributed by atoms with van der Waals surface area (Å²) < 4.78 is 4.16. The number of nitrogens with zero attached hydrogens (tertiary/aromatic N) is 2. The Hall–Kier alpha value is -1.32. The molecular weight excluding hydrogens is 154 g/mol. The Morgan fingerprint density at radius 2 is 2.17 bits per heavy atom. The molecule has 0 aliphatic heterocycles. The van der Waals surface area contributed by atoms with E-state index in [1.165, 1.54) is 6.92 Å². The minimum absolute atomic E-state index is 0.333. The standard InChI is InChI=1S/C6H11N2.C2H5NO/c1-3-8-5-4-7(2)6-8;1-2(3)4/h4-6H,3H2,1-2H3;1H3,(H2,3,4)/q+1;. The number of carbonyl (C=O) groups is 1. The van der Waals surface area contributed by atoms with Crippen molar-refractivity contribution in [3.8, 4) is 0 Å². The molecule has 0 bridgehead atoms. The monoisotopic (exact) mass is 170 g/mol. The van der Waals surface area contributed by atoms with Crippen LogP contribution in [0.25, 0.3) is 0 Å². The lowest BCUT2D eigenvalue weighted by molar-refractivity contribution is -0.671. The van der Waals surface area contributed by atoms with Crippen LogP contribution in [-0.2, 0) is 18.4 Å². The largest absolute Gasteiger partial charge is 0.370 e. The van der Waals surface area contributed by atoms with Crippen molar-refractivity contribution < 1.29 is 9.36 Å². The molecule has 0 spiro atoms. The summed E-state index contributed by atoms with van der Waals surface area (Å²) >= 11 is 0. The normalized spacial score (nSPS) is 8.58. The van der Waals surface area contributed by atoms with E-state index >= 15 is 0 Å². The van der Waals surface area contributed by atoms with Gasteiger partial charge in [0.05, 0.1) is 13.6 Å². The Morgan fingerprint density at radius 3 is 2.33 bits per heavy atom. The molecule has 0 fully saturated rings. The molecule has 68 valence electrons. The maximum Gasteiger partial charge on any atom is 0.243 e. The second kappa shape index (κ2) is 5.35. The van der Waals surface area contributed by atoms with E-state index in [-0.39, 0.29) is 5.91 Å². The van der Waals surface area contributed by atoms with E-state index in [2.05, 4.69) is 29.7 Å². The summed E-state index contributed by atoms with van der Waals surface area (Å²) in [6.07, 6.45) is 6.14. The molecule has 1 aromatic rings. The van der Waals surface area contributed by atoms with Gasteiger partial charge in [0, 0.05) is 6.92 Å². The van der Waals surface area contributed by atoms with Gasteiger partial charge < -0.3 is 5.73 Å². The third-order valence-electron chi connectivity index (χ3n) is 1.19. The number of nitrogens with two attached hydrogens (primary N) is 1. The van der Waals surface area contributed by atoms with Crippen molar-refractivity contribution >= 4 is 5.91 Å². The minimum atomic E-state index is -0.333. The lowest BCUT2D eigenvalue weighted by atomic mass is 10.7. The molecule has 1 aromatic heterocycles. The van der Waals surface area contributed by atoms with Gasteiger partial charge in [-0.3, -0.25) is 4.79 Å². The number of imidazole rings is 1. The van der Waals surface area contributed by atoms with Crippen LogP contribution in [0.2, 0.25) is 0 Å². The lowest BCUT2D eigenvalue weighted by Gasteiger charge is -1.81. The molecule has 0 saturated heterocycles. The van der Waals surface area contributed by atoms with Gasteiger partial charge in [0.1, 0.15) is 12.4 Å². The van der Waals surface area contributed by atoms with E-state index in [1.54, 1.807) is 0 Å². The van der Waals surface area contributed by atoms with E-state index in [4.69, 9.17) is 0 Å². The predicted molar refractivity (Wildman–Crippen MR) is 46.2 cm³/mol. The van der Waals surface area contributed by atoms with Crippen LogP contribution in [0.4, 0.5) is 0 Å². The highest BCUT2D eigenvalue weighted by molar-refractivity contribution is 5.70. The third kappa shape index (κ3) is 5.46. The second-order valence-corrected chi connectivity index (χ2v) is 2.52. The lowest BCUT2D eigenvalue weighted by Crippen LogP contribution is -2.23. The Bertz CT molecular complexity index is 238. The Balaban J connectivity index is 0.000000261. The van der Waals surface area contributed by atoms with Gasteiger partial charge in [0.25, 0.3) is 0 Å². The third-order valence-corrected chi connectivity index (χ3v) is 1.19. The predicted octanol–water partition coefficient (Wildman–Crippen LogP) is -0.176. The molecule has 0 aliphatic carbocycles. The van der Waals surface area contributed by atoms with Gasteiger partial charge in [-0.1, -0.05) is 0 Å². The van der Waals surface area contributed by atoms with Crippen molar-refractivity contribution in [2.24, 2.45) is 12.8 Å². The van der Waals surface area contributed by atoms with Gasteiger partial charge in [-0.2, -0.15) is 0 Å². The first-order chi connectivity index (χ1) is 5.56. The highest BCUT2D eigenvalue weighted by atomic mass is 16.1. The molecule has 4 nitrogen and oxygen atoms in total. The number of hydrogen-bond donors (Lipinski definition) is 1. The average molecular weight is 170 g/mol.